The molecule has 0 saturated heterocycles. The molecule has 216 valence electrons. The first kappa shape index (κ1) is 28.5. The summed E-state index contributed by atoms with van der Waals surface area (Å²) in [7, 11) is 0. The molecular formula is C31H27Cl2N9O. The van der Waals surface area contributed by atoms with E-state index in [1.165, 1.54) is 6.20 Å². The van der Waals surface area contributed by atoms with Gasteiger partial charge in [-0.3, -0.25) is 9.99 Å². The van der Waals surface area contributed by atoms with Gasteiger partial charge in [0.15, 0.2) is 0 Å². The third-order valence-corrected chi connectivity index (χ3v) is 8.09. The molecule has 1 aliphatic carbocycles. The summed E-state index contributed by atoms with van der Waals surface area (Å²) in [6.07, 6.45) is 7.75. The third kappa shape index (κ3) is 5.74. The molecular weight excluding hydrogens is 585 g/mol. The number of halogens is 2. The lowest BCUT2D eigenvalue weighted by Gasteiger charge is -2.32. The average molecular weight is 613 g/mol. The van der Waals surface area contributed by atoms with Crippen LogP contribution in [0.15, 0.2) is 78.9 Å². The van der Waals surface area contributed by atoms with Crippen LogP contribution in [0.1, 0.15) is 48.4 Å². The Kier molecular flexibility index (Phi) is 7.94. The van der Waals surface area contributed by atoms with E-state index in [4.69, 9.17) is 23.2 Å². The maximum absolute atomic E-state index is 12.3. The van der Waals surface area contributed by atoms with Crippen molar-refractivity contribution in [3.05, 3.63) is 106 Å². The highest BCUT2D eigenvalue weighted by atomic mass is 35.5. The van der Waals surface area contributed by atoms with Crippen molar-refractivity contribution in [3.8, 4) is 12.1 Å². The zero-order valence-electron chi connectivity index (χ0n) is 22.9. The number of rotatable bonds is 10. The molecule has 1 saturated carbocycles. The molecule has 0 amide bonds. The molecule has 2 aromatic heterocycles. The average Bonchev–Trinajstić information content (AvgIpc) is 3.75. The predicted octanol–water partition coefficient (Wildman–Crippen LogP) is 5.85. The number of fused-ring (bicyclic) bond motifs is 1. The lowest BCUT2D eigenvalue weighted by atomic mass is 9.99. The summed E-state index contributed by atoms with van der Waals surface area (Å²) in [5.41, 5.74) is 7.79. The van der Waals surface area contributed by atoms with Crippen LogP contribution in [-0.2, 0) is 5.72 Å². The van der Waals surface area contributed by atoms with Crippen LogP contribution in [0.5, 0.6) is 0 Å². The monoisotopic (exact) mass is 611 g/mol. The smallest absolute Gasteiger partial charge is 0.209 e. The molecule has 0 bridgehead atoms. The lowest BCUT2D eigenvalue weighted by molar-refractivity contribution is 0.0984. The number of nitriles is 2. The van der Waals surface area contributed by atoms with Gasteiger partial charge in [-0.15, -0.1) is 5.53 Å². The van der Waals surface area contributed by atoms with Crippen molar-refractivity contribution in [2.24, 2.45) is 0 Å². The molecule has 6 rings (SSSR count). The number of anilines is 2. The predicted molar refractivity (Wildman–Crippen MR) is 165 cm³/mol. The van der Waals surface area contributed by atoms with E-state index in [-0.39, 0.29) is 11.2 Å². The number of hydrogen-bond donors (Lipinski definition) is 5. The SMILES string of the molecule is N#CCC[C@@H](Nc1c(C#N)cnc2c(Cl)cc(NC(O)(C3=CN(C4CC4)NN3)c3cccnc3Cl)cc12)c1ccccc1. The second-order valence-electron chi connectivity index (χ2n) is 10.4. The molecule has 0 spiro atoms. The summed E-state index contributed by atoms with van der Waals surface area (Å²) in [6.45, 7) is 0. The summed E-state index contributed by atoms with van der Waals surface area (Å²) < 4.78 is 0. The first-order chi connectivity index (χ1) is 20.9. The summed E-state index contributed by atoms with van der Waals surface area (Å²) in [4.78, 5) is 8.66. The standard InChI is InChI=1S/C31H27Cl2N9O/c32-25-15-21(39-31(43,24-8-5-13-36-30(24)33)27-18-42(41-40-27)22-10-11-22)14-23-28(20(16-35)17-37-29(23)25)38-26(9-4-12-34)19-6-2-1-3-7-19/h1-3,5-8,13-15,17-18,22,26,39-41,43H,4,9-11H2,(H,37,38)/t26-,31?/m1/s1. The number of aromatic nitrogens is 2. The van der Waals surface area contributed by atoms with Gasteiger partial charge in [0.05, 0.1) is 33.9 Å². The largest absolute Gasteiger partial charge is 0.377 e. The van der Waals surface area contributed by atoms with E-state index < -0.39 is 5.72 Å². The Morgan fingerprint density at radius 3 is 2.65 bits per heavy atom. The first-order valence-electron chi connectivity index (χ1n) is 13.8. The Morgan fingerprint density at radius 2 is 1.93 bits per heavy atom. The van der Waals surface area contributed by atoms with Gasteiger partial charge in [0.1, 0.15) is 16.9 Å². The van der Waals surface area contributed by atoms with E-state index in [0.717, 1.165) is 18.4 Å². The molecule has 2 atom stereocenters. The molecule has 1 aliphatic heterocycles. The van der Waals surface area contributed by atoms with Crippen molar-refractivity contribution < 1.29 is 5.11 Å². The number of pyridine rings is 2. The van der Waals surface area contributed by atoms with Crippen molar-refractivity contribution in [2.45, 2.75) is 43.5 Å². The molecule has 2 aliphatic rings. The van der Waals surface area contributed by atoms with E-state index in [1.807, 2.05) is 35.3 Å². The minimum atomic E-state index is -1.84. The summed E-state index contributed by atoms with van der Waals surface area (Å²) in [6, 6.07) is 21.1. The van der Waals surface area contributed by atoms with Gasteiger partial charge in [-0.25, -0.2) is 4.98 Å². The Morgan fingerprint density at radius 1 is 1.12 bits per heavy atom. The topological polar surface area (TPSA) is 145 Å². The fourth-order valence-electron chi connectivity index (χ4n) is 5.17. The molecule has 43 heavy (non-hydrogen) atoms. The van der Waals surface area contributed by atoms with Crippen molar-refractivity contribution in [1.82, 2.24) is 25.9 Å². The Balaban J connectivity index is 1.45. The molecule has 3 heterocycles. The van der Waals surface area contributed by atoms with E-state index >= 15 is 0 Å². The highest BCUT2D eigenvalue weighted by Crippen LogP contribution is 2.40. The quantitative estimate of drug-likeness (QED) is 0.109. The second kappa shape index (κ2) is 12.0. The van der Waals surface area contributed by atoms with Crippen molar-refractivity contribution in [1.29, 1.82) is 10.5 Å². The highest BCUT2D eigenvalue weighted by Gasteiger charge is 2.41. The van der Waals surface area contributed by atoms with Crippen LogP contribution in [0.25, 0.3) is 10.9 Å². The van der Waals surface area contributed by atoms with Gasteiger partial charge in [-0.05, 0) is 49.1 Å². The Bertz CT molecular complexity index is 1780. The van der Waals surface area contributed by atoms with E-state index in [2.05, 4.69) is 43.7 Å². The molecule has 0 radical (unpaired) electrons. The maximum Gasteiger partial charge on any atom is 0.209 e. The van der Waals surface area contributed by atoms with Gasteiger partial charge in [-0.2, -0.15) is 10.5 Å². The number of nitrogens with one attached hydrogen (secondary N) is 4. The Hall–Kier alpha value is -4.58. The minimum absolute atomic E-state index is 0.121. The third-order valence-electron chi connectivity index (χ3n) is 7.50. The fourth-order valence-corrected chi connectivity index (χ4v) is 5.69. The summed E-state index contributed by atoms with van der Waals surface area (Å²) in [5.74, 6) is 0. The molecule has 12 heteroatoms. The zero-order chi connectivity index (χ0) is 30.0. The first-order valence-corrected chi connectivity index (χ1v) is 14.5. The van der Waals surface area contributed by atoms with Crippen LogP contribution in [-0.4, -0.2) is 26.1 Å². The van der Waals surface area contributed by atoms with Gasteiger partial charge >= 0.3 is 0 Å². The van der Waals surface area contributed by atoms with E-state index in [9.17, 15) is 15.6 Å². The second-order valence-corrected chi connectivity index (χ2v) is 11.2. The van der Waals surface area contributed by atoms with Crippen LogP contribution >= 0.6 is 23.2 Å². The number of hydrazine groups is 2. The van der Waals surface area contributed by atoms with Gasteiger partial charge in [0.2, 0.25) is 5.72 Å². The van der Waals surface area contributed by atoms with Crippen LogP contribution in [0.3, 0.4) is 0 Å². The molecule has 5 N–H and O–H groups in total. The van der Waals surface area contributed by atoms with Crippen LogP contribution < -0.4 is 21.6 Å². The minimum Gasteiger partial charge on any atom is -0.377 e. The van der Waals surface area contributed by atoms with Gasteiger partial charge in [-0.1, -0.05) is 53.5 Å². The number of aliphatic hydroxyl groups is 1. The van der Waals surface area contributed by atoms with Gasteiger partial charge < -0.3 is 21.2 Å². The van der Waals surface area contributed by atoms with E-state index in [0.29, 0.717) is 63.0 Å². The number of nitrogens with zero attached hydrogens (tertiary/aromatic N) is 5. The molecule has 1 fully saturated rings. The Labute approximate surface area is 258 Å². The van der Waals surface area contributed by atoms with E-state index in [1.54, 1.807) is 36.7 Å². The van der Waals surface area contributed by atoms with Crippen molar-refractivity contribution in [3.63, 3.8) is 0 Å². The lowest BCUT2D eigenvalue weighted by Crippen LogP contribution is -2.45. The van der Waals surface area contributed by atoms with Crippen molar-refractivity contribution in [2.75, 3.05) is 10.6 Å². The number of hydrogen-bond acceptors (Lipinski definition) is 10. The molecule has 2 aromatic carbocycles. The summed E-state index contributed by atoms with van der Waals surface area (Å²) in [5, 5.41) is 41.3. The van der Waals surface area contributed by atoms with Crippen molar-refractivity contribution >= 4 is 45.5 Å². The molecule has 1 unspecified atom stereocenters. The van der Waals surface area contributed by atoms with Crippen LogP contribution in [0.2, 0.25) is 10.2 Å². The van der Waals surface area contributed by atoms with Gasteiger partial charge in [0, 0.05) is 47.7 Å². The fraction of sp³-hybridized carbons (Fsp3) is 0.226. The summed E-state index contributed by atoms with van der Waals surface area (Å²) >= 11 is 13.3. The van der Waals surface area contributed by atoms with Crippen LogP contribution in [0, 0.1) is 22.7 Å². The normalized spacial score (nSPS) is 16.4. The molecule has 4 aromatic rings. The molecule has 10 nitrogen and oxygen atoms in total. The van der Waals surface area contributed by atoms with Gasteiger partial charge in [0.25, 0.3) is 0 Å². The zero-order valence-corrected chi connectivity index (χ0v) is 24.4. The highest BCUT2D eigenvalue weighted by molar-refractivity contribution is 6.36. The van der Waals surface area contributed by atoms with Crippen LogP contribution in [0.4, 0.5) is 11.4 Å². The maximum atomic E-state index is 12.3. The number of benzene rings is 2.